The molecule has 1 aliphatic carbocycles. The fourth-order valence-corrected chi connectivity index (χ4v) is 5.07. The molecule has 8 nitrogen and oxygen atoms in total. The van der Waals surface area contributed by atoms with Gasteiger partial charge in [-0.3, -0.25) is 14.4 Å². The number of hydrogen-bond donors (Lipinski definition) is 3. The van der Waals surface area contributed by atoms with E-state index in [1.165, 1.54) is 0 Å². The smallest absolute Gasteiger partial charge is 0.243 e. The summed E-state index contributed by atoms with van der Waals surface area (Å²) in [5.41, 5.74) is -0.503. The third-order valence-corrected chi connectivity index (χ3v) is 7.03. The zero-order valence-electron chi connectivity index (χ0n) is 16.9. The number of carbonyl (C=O) groups excluding carboxylic acids is 3. The lowest BCUT2D eigenvalue weighted by Gasteiger charge is -2.35. The quantitative estimate of drug-likeness (QED) is 0.573. The van der Waals surface area contributed by atoms with Gasteiger partial charge in [-0.2, -0.15) is 5.26 Å². The molecular weight excluding hydrogens is 370 g/mol. The van der Waals surface area contributed by atoms with Crippen molar-refractivity contribution in [3.05, 3.63) is 0 Å². The fourth-order valence-electron chi connectivity index (χ4n) is 5.07. The van der Waals surface area contributed by atoms with Crippen LogP contribution in [0.15, 0.2) is 0 Å². The Morgan fingerprint density at radius 2 is 2.03 bits per heavy atom. The molecule has 4 atom stereocenters. The molecule has 3 N–H and O–H groups in total. The summed E-state index contributed by atoms with van der Waals surface area (Å²) < 4.78 is 0. The van der Waals surface area contributed by atoms with Crippen molar-refractivity contribution in [1.29, 1.82) is 5.26 Å². The molecule has 4 fully saturated rings. The molecule has 8 heteroatoms. The summed E-state index contributed by atoms with van der Waals surface area (Å²) in [5, 5.41) is 18.6. The van der Waals surface area contributed by atoms with Crippen molar-refractivity contribution in [3.63, 3.8) is 0 Å². The van der Waals surface area contributed by atoms with Crippen LogP contribution in [0.25, 0.3) is 0 Å². The maximum absolute atomic E-state index is 13.3. The van der Waals surface area contributed by atoms with Gasteiger partial charge in [0.15, 0.2) is 0 Å². The van der Waals surface area contributed by atoms with E-state index in [1.54, 1.807) is 4.90 Å². The normalized spacial score (nSPS) is 31.4. The van der Waals surface area contributed by atoms with Crippen LogP contribution in [0.5, 0.6) is 0 Å². The maximum Gasteiger partial charge on any atom is 0.243 e. The first-order valence-corrected chi connectivity index (χ1v) is 11.1. The second-order valence-electron chi connectivity index (χ2n) is 9.11. The number of hydrogen-bond acceptors (Lipinski definition) is 5. The summed E-state index contributed by atoms with van der Waals surface area (Å²) in [6.07, 6.45) is 7.56. The number of nitriles is 1. The molecule has 4 rings (SSSR count). The Labute approximate surface area is 171 Å². The Bertz CT molecular complexity index is 708. The van der Waals surface area contributed by atoms with Gasteiger partial charge in [0, 0.05) is 19.0 Å². The fraction of sp³-hybridized carbons (Fsp3) is 0.810. The molecule has 4 aliphatic rings. The van der Waals surface area contributed by atoms with Gasteiger partial charge in [0.2, 0.25) is 17.7 Å². The first kappa shape index (κ1) is 20.1. The van der Waals surface area contributed by atoms with E-state index in [4.69, 9.17) is 0 Å². The Morgan fingerprint density at radius 1 is 1.21 bits per heavy atom. The van der Waals surface area contributed by atoms with Crippen LogP contribution >= 0.6 is 0 Å². The van der Waals surface area contributed by atoms with Crippen LogP contribution in [0.3, 0.4) is 0 Å². The first-order valence-electron chi connectivity index (χ1n) is 11.1. The molecule has 29 heavy (non-hydrogen) atoms. The SMILES string of the molecule is N#C[C@@H](C[C@H]1CCNC1=O)NC(=O)[C@H](CC1CC1)N1CCC2(CCCCN2)C1=O. The molecule has 3 aliphatic heterocycles. The van der Waals surface area contributed by atoms with E-state index in [0.29, 0.717) is 38.3 Å². The van der Waals surface area contributed by atoms with Crippen LogP contribution in [-0.2, 0) is 14.4 Å². The predicted molar refractivity (Wildman–Crippen MR) is 105 cm³/mol. The van der Waals surface area contributed by atoms with Gasteiger partial charge in [-0.05, 0) is 57.4 Å². The molecule has 0 aromatic heterocycles. The van der Waals surface area contributed by atoms with Crippen LogP contribution in [0.1, 0.15) is 57.8 Å². The zero-order chi connectivity index (χ0) is 20.4. The third kappa shape index (κ3) is 4.25. The van der Waals surface area contributed by atoms with Gasteiger partial charge in [0.05, 0.1) is 11.6 Å². The average molecular weight is 402 g/mol. The number of amides is 3. The summed E-state index contributed by atoms with van der Waals surface area (Å²) in [7, 11) is 0. The molecule has 0 aromatic carbocycles. The standard InChI is InChI=1S/C21H31N5O3/c22-13-16(12-15-5-9-23-18(15)27)25-19(28)17(11-14-3-4-14)26-10-7-21(20(26)29)6-1-2-8-24-21/h14-17,24H,1-12H2,(H,23,27)(H,25,28)/t15-,16-,17+,21?/m1/s1. The van der Waals surface area contributed by atoms with E-state index in [1.807, 2.05) is 0 Å². The summed E-state index contributed by atoms with van der Waals surface area (Å²) in [6.45, 7) is 2.05. The highest BCUT2D eigenvalue weighted by Gasteiger charge is 2.50. The minimum absolute atomic E-state index is 0.0432. The van der Waals surface area contributed by atoms with Crippen molar-refractivity contribution < 1.29 is 14.4 Å². The second-order valence-corrected chi connectivity index (χ2v) is 9.11. The summed E-state index contributed by atoms with van der Waals surface area (Å²) in [6, 6.07) is 0.903. The molecule has 3 heterocycles. The minimum Gasteiger partial charge on any atom is -0.356 e. The van der Waals surface area contributed by atoms with Gasteiger partial charge in [-0.1, -0.05) is 12.8 Å². The van der Waals surface area contributed by atoms with Crippen molar-refractivity contribution in [2.75, 3.05) is 19.6 Å². The second kappa shape index (κ2) is 8.31. The molecule has 0 radical (unpaired) electrons. The van der Waals surface area contributed by atoms with Crippen molar-refractivity contribution in [1.82, 2.24) is 20.9 Å². The van der Waals surface area contributed by atoms with Crippen molar-refractivity contribution in [2.45, 2.75) is 75.4 Å². The van der Waals surface area contributed by atoms with Crippen LogP contribution in [0, 0.1) is 23.2 Å². The number of carbonyl (C=O) groups is 3. The van der Waals surface area contributed by atoms with Crippen molar-refractivity contribution in [2.24, 2.45) is 11.8 Å². The number of nitrogens with one attached hydrogen (secondary N) is 3. The van der Waals surface area contributed by atoms with Gasteiger partial charge in [0.25, 0.3) is 0 Å². The largest absolute Gasteiger partial charge is 0.356 e. The Kier molecular flexibility index (Phi) is 5.77. The van der Waals surface area contributed by atoms with Gasteiger partial charge < -0.3 is 20.9 Å². The molecule has 1 spiro atoms. The predicted octanol–water partition coefficient (Wildman–Crippen LogP) is 0.434. The highest BCUT2D eigenvalue weighted by Crippen LogP contribution is 2.38. The third-order valence-electron chi connectivity index (χ3n) is 7.03. The lowest BCUT2D eigenvalue weighted by Crippen LogP contribution is -2.57. The number of likely N-dealkylation sites (tertiary alicyclic amines) is 1. The number of piperidine rings is 1. The molecule has 3 amide bonds. The molecule has 0 bridgehead atoms. The van der Waals surface area contributed by atoms with E-state index in [-0.39, 0.29) is 23.6 Å². The summed E-state index contributed by atoms with van der Waals surface area (Å²) >= 11 is 0. The number of rotatable bonds is 7. The molecule has 158 valence electrons. The Morgan fingerprint density at radius 3 is 2.66 bits per heavy atom. The highest BCUT2D eigenvalue weighted by atomic mass is 16.2. The summed E-state index contributed by atoms with van der Waals surface area (Å²) in [5.74, 6) is -0.000623. The van der Waals surface area contributed by atoms with Crippen molar-refractivity contribution >= 4 is 17.7 Å². The van der Waals surface area contributed by atoms with Crippen LogP contribution in [0.2, 0.25) is 0 Å². The average Bonchev–Trinajstić information content (AvgIpc) is 3.40. The van der Waals surface area contributed by atoms with Gasteiger partial charge in [0.1, 0.15) is 12.1 Å². The van der Waals surface area contributed by atoms with E-state index < -0.39 is 17.6 Å². The van der Waals surface area contributed by atoms with Gasteiger partial charge in [-0.15, -0.1) is 0 Å². The zero-order valence-corrected chi connectivity index (χ0v) is 16.9. The van der Waals surface area contributed by atoms with Crippen molar-refractivity contribution in [3.8, 4) is 6.07 Å². The van der Waals surface area contributed by atoms with E-state index in [9.17, 15) is 19.6 Å². The Balaban J connectivity index is 1.43. The van der Waals surface area contributed by atoms with Crippen LogP contribution in [0.4, 0.5) is 0 Å². The monoisotopic (exact) mass is 401 g/mol. The molecule has 0 aromatic rings. The van der Waals surface area contributed by atoms with Gasteiger partial charge >= 0.3 is 0 Å². The van der Waals surface area contributed by atoms with E-state index in [2.05, 4.69) is 22.0 Å². The first-order chi connectivity index (χ1) is 14.0. The molecule has 3 saturated heterocycles. The minimum atomic E-state index is -0.711. The molecular formula is C21H31N5O3. The van der Waals surface area contributed by atoms with Crippen LogP contribution in [-0.4, -0.2) is 59.9 Å². The van der Waals surface area contributed by atoms with Gasteiger partial charge in [-0.25, -0.2) is 0 Å². The highest BCUT2D eigenvalue weighted by molar-refractivity contribution is 5.94. The molecule has 1 unspecified atom stereocenters. The lowest BCUT2D eigenvalue weighted by atomic mass is 9.87. The van der Waals surface area contributed by atoms with E-state index >= 15 is 0 Å². The maximum atomic E-state index is 13.3. The van der Waals surface area contributed by atoms with E-state index in [0.717, 1.165) is 45.1 Å². The Hall–Kier alpha value is -2.14. The summed E-state index contributed by atoms with van der Waals surface area (Å²) in [4.78, 5) is 40.0. The topological polar surface area (TPSA) is 114 Å². The lowest BCUT2D eigenvalue weighted by molar-refractivity contribution is -0.142. The van der Waals surface area contributed by atoms with Crippen LogP contribution < -0.4 is 16.0 Å². The number of nitrogens with zero attached hydrogens (tertiary/aromatic N) is 2. The molecule has 1 saturated carbocycles.